The predicted molar refractivity (Wildman–Crippen MR) is 75.2 cm³/mol. The maximum absolute atomic E-state index is 9.46. The van der Waals surface area contributed by atoms with Gasteiger partial charge in [-0.3, -0.25) is 9.88 Å². The Bertz CT molecular complexity index is 354. The smallest absolute Gasteiger partial charge is 0.0587 e. The molecule has 0 fully saturated rings. The van der Waals surface area contributed by atoms with E-state index < -0.39 is 0 Å². The molecule has 1 atom stereocenters. The Morgan fingerprint density at radius 2 is 2.28 bits per heavy atom. The van der Waals surface area contributed by atoms with Gasteiger partial charge in [-0.1, -0.05) is 24.6 Å². The summed E-state index contributed by atoms with van der Waals surface area (Å²) in [5.74, 6) is 0. The van der Waals surface area contributed by atoms with Gasteiger partial charge in [0.05, 0.1) is 6.61 Å². The van der Waals surface area contributed by atoms with Crippen molar-refractivity contribution in [3.05, 3.63) is 41.7 Å². The number of pyridine rings is 1. The zero-order valence-electron chi connectivity index (χ0n) is 11.6. The molecule has 0 bridgehead atoms. The first-order valence-electron chi connectivity index (χ1n) is 6.54. The quantitative estimate of drug-likeness (QED) is 0.754. The Labute approximate surface area is 110 Å². The lowest BCUT2D eigenvalue weighted by molar-refractivity contribution is 0.124. The van der Waals surface area contributed by atoms with Crippen LogP contribution >= 0.6 is 0 Å². The minimum Gasteiger partial charge on any atom is -0.395 e. The van der Waals surface area contributed by atoms with E-state index in [9.17, 15) is 5.11 Å². The molecule has 0 unspecified atom stereocenters. The highest BCUT2D eigenvalue weighted by Gasteiger charge is 2.15. The number of nitrogens with zero attached hydrogens (tertiary/aromatic N) is 2. The molecule has 1 N–H and O–H groups in total. The van der Waals surface area contributed by atoms with Crippen LogP contribution in [0, 0.1) is 0 Å². The van der Waals surface area contributed by atoms with E-state index in [-0.39, 0.29) is 12.6 Å². The van der Waals surface area contributed by atoms with Crippen molar-refractivity contribution in [2.45, 2.75) is 39.8 Å². The maximum atomic E-state index is 9.46. The summed E-state index contributed by atoms with van der Waals surface area (Å²) in [5.41, 5.74) is 2.49. The Hall–Kier alpha value is -1.19. The van der Waals surface area contributed by atoms with Gasteiger partial charge in [0.15, 0.2) is 0 Å². The fourth-order valence-electron chi connectivity index (χ4n) is 1.87. The third kappa shape index (κ3) is 4.98. The Balaban J connectivity index is 2.73. The van der Waals surface area contributed by atoms with Crippen molar-refractivity contribution in [1.29, 1.82) is 0 Å². The summed E-state index contributed by atoms with van der Waals surface area (Å²) in [4.78, 5) is 6.44. The topological polar surface area (TPSA) is 36.4 Å². The van der Waals surface area contributed by atoms with Crippen molar-refractivity contribution in [2.75, 3.05) is 13.2 Å². The highest BCUT2D eigenvalue weighted by Crippen LogP contribution is 2.10. The number of aromatic nitrogens is 1. The zero-order valence-corrected chi connectivity index (χ0v) is 11.6. The van der Waals surface area contributed by atoms with Gasteiger partial charge >= 0.3 is 0 Å². The van der Waals surface area contributed by atoms with Crippen LogP contribution in [-0.4, -0.2) is 34.2 Å². The molecule has 0 aliphatic rings. The van der Waals surface area contributed by atoms with Crippen molar-refractivity contribution < 1.29 is 5.11 Å². The second kappa shape index (κ2) is 8.01. The molecule has 1 heterocycles. The SMILES string of the molecule is CC[C@@H](CO)N(CC=C(C)C)Cc1cccnc1. The zero-order chi connectivity index (χ0) is 13.4. The van der Waals surface area contributed by atoms with E-state index in [4.69, 9.17) is 0 Å². The molecule has 1 rings (SSSR count). The van der Waals surface area contributed by atoms with E-state index in [1.807, 2.05) is 12.3 Å². The lowest BCUT2D eigenvalue weighted by atomic mass is 10.1. The summed E-state index contributed by atoms with van der Waals surface area (Å²) >= 11 is 0. The number of aliphatic hydroxyl groups is 1. The number of allylic oxidation sites excluding steroid dienone is 1. The van der Waals surface area contributed by atoms with Gasteiger partial charge in [-0.15, -0.1) is 0 Å². The molecule has 3 nitrogen and oxygen atoms in total. The third-order valence-electron chi connectivity index (χ3n) is 3.04. The van der Waals surface area contributed by atoms with Crippen LogP contribution in [0.4, 0.5) is 0 Å². The van der Waals surface area contributed by atoms with E-state index in [1.165, 1.54) is 11.1 Å². The van der Waals surface area contributed by atoms with Gasteiger partial charge in [-0.05, 0) is 31.9 Å². The van der Waals surface area contributed by atoms with E-state index >= 15 is 0 Å². The first-order valence-corrected chi connectivity index (χ1v) is 6.54. The predicted octanol–water partition coefficient (Wildman–Crippen LogP) is 2.62. The molecule has 0 spiro atoms. The van der Waals surface area contributed by atoms with Crippen LogP contribution in [0.1, 0.15) is 32.8 Å². The van der Waals surface area contributed by atoms with Crippen LogP contribution in [0.25, 0.3) is 0 Å². The summed E-state index contributed by atoms with van der Waals surface area (Å²) < 4.78 is 0. The molecule has 0 amide bonds. The van der Waals surface area contributed by atoms with E-state index in [0.29, 0.717) is 0 Å². The van der Waals surface area contributed by atoms with Crippen LogP contribution in [0.3, 0.4) is 0 Å². The molecule has 3 heteroatoms. The molecular weight excluding hydrogens is 224 g/mol. The van der Waals surface area contributed by atoms with Crippen molar-refractivity contribution in [3.63, 3.8) is 0 Å². The van der Waals surface area contributed by atoms with Crippen LogP contribution in [0.2, 0.25) is 0 Å². The van der Waals surface area contributed by atoms with Gasteiger partial charge < -0.3 is 5.11 Å². The Kier molecular flexibility index (Phi) is 6.61. The molecule has 1 aromatic heterocycles. The molecule has 18 heavy (non-hydrogen) atoms. The summed E-state index contributed by atoms with van der Waals surface area (Å²) in [5, 5.41) is 9.46. The number of hydrogen-bond donors (Lipinski definition) is 1. The van der Waals surface area contributed by atoms with Gasteiger partial charge in [0, 0.05) is 31.5 Å². The molecule has 0 saturated carbocycles. The van der Waals surface area contributed by atoms with Gasteiger partial charge in [0.1, 0.15) is 0 Å². The molecule has 0 radical (unpaired) electrons. The van der Waals surface area contributed by atoms with Gasteiger partial charge in [-0.2, -0.15) is 0 Å². The van der Waals surface area contributed by atoms with Crippen molar-refractivity contribution in [3.8, 4) is 0 Å². The largest absolute Gasteiger partial charge is 0.395 e. The average Bonchev–Trinajstić information content (AvgIpc) is 2.38. The summed E-state index contributed by atoms with van der Waals surface area (Å²) in [6.45, 7) is 8.21. The second-order valence-corrected chi connectivity index (χ2v) is 4.82. The maximum Gasteiger partial charge on any atom is 0.0587 e. The standard InChI is InChI=1S/C15H24N2O/c1-4-15(12-18)17(9-7-13(2)3)11-14-6-5-8-16-10-14/h5-8,10,15,18H,4,9,11-12H2,1-3H3/t15-/m0/s1. The lowest BCUT2D eigenvalue weighted by Crippen LogP contribution is -2.37. The monoisotopic (exact) mass is 248 g/mol. The Morgan fingerprint density at radius 1 is 1.50 bits per heavy atom. The summed E-state index contributed by atoms with van der Waals surface area (Å²) in [7, 11) is 0. The minimum atomic E-state index is 0.202. The van der Waals surface area contributed by atoms with Gasteiger partial charge in [0.25, 0.3) is 0 Å². The number of aliphatic hydroxyl groups excluding tert-OH is 1. The van der Waals surface area contributed by atoms with E-state index in [2.05, 4.69) is 42.8 Å². The Morgan fingerprint density at radius 3 is 2.78 bits per heavy atom. The van der Waals surface area contributed by atoms with E-state index in [1.54, 1.807) is 6.20 Å². The molecule has 0 aromatic carbocycles. The molecule has 0 aliphatic heterocycles. The van der Waals surface area contributed by atoms with Crippen LogP contribution in [0.15, 0.2) is 36.2 Å². The number of rotatable bonds is 7. The van der Waals surface area contributed by atoms with Crippen LogP contribution < -0.4 is 0 Å². The van der Waals surface area contributed by atoms with Crippen molar-refractivity contribution >= 4 is 0 Å². The summed E-state index contributed by atoms with van der Waals surface area (Å²) in [6, 6.07) is 4.24. The summed E-state index contributed by atoms with van der Waals surface area (Å²) in [6.07, 6.45) is 6.83. The van der Waals surface area contributed by atoms with Crippen molar-refractivity contribution in [2.24, 2.45) is 0 Å². The van der Waals surface area contributed by atoms with Gasteiger partial charge in [0.2, 0.25) is 0 Å². The van der Waals surface area contributed by atoms with Crippen LogP contribution in [0.5, 0.6) is 0 Å². The molecule has 1 aromatic rings. The molecule has 0 aliphatic carbocycles. The highest BCUT2D eigenvalue weighted by molar-refractivity contribution is 5.09. The lowest BCUT2D eigenvalue weighted by Gasteiger charge is -2.28. The third-order valence-corrected chi connectivity index (χ3v) is 3.04. The molecular formula is C15H24N2O. The fraction of sp³-hybridized carbons (Fsp3) is 0.533. The highest BCUT2D eigenvalue weighted by atomic mass is 16.3. The normalized spacial score (nSPS) is 12.5. The van der Waals surface area contributed by atoms with Crippen molar-refractivity contribution in [1.82, 2.24) is 9.88 Å². The first kappa shape index (κ1) is 14.9. The second-order valence-electron chi connectivity index (χ2n) is 4.82. The van der Waals surface area contributed by atoms with E-state index in [0.717, 1.165) is 19.5 Å². The molecule has 100 valence electrons. The minimum absolute atomic E-state index is 0.202. The first-order chi connectivity index (χ1) is 8.67. The van der Waals surface area contributed by atoms with Gasteiger partial charge in [-0.25, -0.2) is 0 Å². The molecule has 0 saturated heterocycles. The number of hydrogen-bond acceptors (Lipinski definition) is 3. The van der Waals surface area contributed by atoms with Crippen LogP contribution in [-0.2, 0) is 6.54 Å². The average molecular weight is 248 g/mol. The fourth-order valence-corrected chi connectivity index (χ4v) is 1.87.